The highest BCUT2D eigenvalue weighted by molar-refractivity contribution is 5.99. The van der Waals surface area contributed by atoms with Gasteiger partial charge in [0.2, 0.25) is 82.7 Å². The number of unbranched alkanes of at least 4 members (excludes halogenated alkanes) is 1. The maximum absolute atomic E-state index is 14.0. The zero-order valence-corrected chi connectivity index (χ0v) is 52.7. The molecule has 1 aliphatic heterocycles. The van der Waals surface area contributed by atoms with Gasteiger partial charge in [0.1, 0.15) is 54.4 Å². The Morgan fingerprint density at radius 1 is 0.611 bits per heavy atom. The van der Waals surface area contributed by atoms with Crippen LogP contribution >= 0.6 is 0 Å². The van der Waals surface area contributed by atoms with E-state index in [0.29, 0.717) is 12.8 Å². The van der Waals surface area contributed by atoms with E-state index in [1.807, 2.05) is 0 Å². The summed E-state index contributed by atoms with van der Waals surface area (Å²) in [4.78, 5) is 215. The van der Waals surface area contributed by atoms with Crippen LogP contribution in [0.1, 0.15) is 90.7 Å². The number of nitrogens with one attached hydrogen (secondary N) is 15. The van der Waals surface area contributed by atoms with Crippen LogP contribution < -0.4 is 92.1 Å². The molecule has 41 nitrogen and oxygen atoms in total. The third kappa shape index (κ3) is 30.4. The van der Waals surface area contributed by atoms with Gasteiger partial charge in [-0.15, -0.1) is 0 Å². The maximum atomic E-state index is 14.0. The van der Waals surface area contributed by atoms with Crippen molar-refractivity contribution < 1.29 is 97.1 Å². The molecule has 1 aliphatic rings. The second kappa shape index (κ2) is 42.1. The van der Waals surface area contributed by atoms with Crippen LogP contribution in [0.5, 0.6) is 0 Å². The van der Waals surface area contributed by atoms with E-state index in [0.717, 1.165) is 11.8 Å². The number of guanidine groups is 1. The number of aliphatic hydroxyl groups excluding tert-OH is 2. The zero-order valence-electron chi connectivity index (χ0n) is 52.7. The van der Waals surface area contributed by atoms with Gasteiger partial charge in [-0.25, -0.2) is 9.78 Å². The lowest BCUT2D eigenvalue weighted by Crippen LogP contribution is -2.59. The molecule has 1 aromatic heterocycles. The Morgan fingerprint density at radius 2 is 1.14 bits per heavy atom. The van der Waals surface area contributed by atoms with Crippen LogP contribution in [-0.4, -0.2) is 255 Å². The van der Waals surface area contributed by atoms with E-state index < -0.39 is 226 Å². The average Bonchev–Trinajstić information content (AvgIpc) is 1.77. The second-order valence-electron chi connectivity index (χ2n) is 22.0. The van der Waals surface area contributed by atoms with Gasteiger partial charge in [-0.2, -0.15) is 0 Å². The fourth-order valence-electron chi connectivity index (χ4n) is 9.06. The number of H-pyrrole nitrogens is 1. The summed E-state index contributed by atoms with van der Waals surface area (Å²) in [7, 11) is 0. The van der Waals surface area contributed by atoms with Crippen molar-refractivity contribution >= 4 is 101 Å². The van der Waals surface area contributed by atoms with Crippen molar-refractivity contribution in [1.82, 2.24) is 84.0 Å². The highest BCUT2D eigenvalue weighted by Gasteiger charge is 2.39. The minimum Gasteiger partial charge on any atom is -0.481 e. The van der Waals surface area contributed by atoms with E-state index in [2.05, 4.69) is 79.1 Å². The number of amides is 14. The molecule has 0 spiro atoms. The van der Waals surface area contributed by atoms with E-state index in [1.165, 1.54) is 12.5 Å². The summed E-state index contributed by atoms with van der Waals surface area (Å²) in [6.45, 7) is -0.00705. The Morgan fingerprint density at radius 3 is 1.67 bits per heavy atom. The molecule has 2 rings (SSSR count). The van der Waals surface area contributed by atoms with Crippen molar-refractivity contribution in [3.05, 3.63) is 18.2 Å². The molecule has 0 unspecified atom stereocenters. The number of aliphatic carboxylic acids is 2. The molecule has 1 aromatic rings. The van der Waals surface area contributed by atoms with Crippen molar-refractivity contribution in [2.75, 3.05) is 59.0 Å². The van der Waals surface area contributed by atoms with Crippen molar-refractivity contribution in [1.29, 1.82) is 5.41 Å². The van der Waals surface area contributed by atoms with Gasteiger partial charge >= 0.3 is 11.9 Å². The number of primary amides is 1. The smallest absolute Gasteiger partial charge is 0.326 e. The number of carboxylic acids is 2. The number of aromatic amines is 1. The predicted octanol–water partition coefficient (Wildman–Crippen LogP) is -11.5. The van der Waals surface area contributed by atoms with Crippen LogP contribution in [0.4, 0.5) is 0 Å². The Kier molecular flexibility index (Phi) is 35.9. The molecule has 1 saturated heterocycles. The van der Waals surface area contributed by atoms with E-state index in [4.69, 9.17) is 33.5 Å². The molecular formula is C54H89N21O20. The molecule has 1 fully saturated rings. The largest absolute Gasteiger partial charge is 0.481 e. The predicted molar refractivity (Wildman–Crippen MR) is 328 cm³/mol. The Balaban J connectivity index is 2.18. The van der Waals surface area contributed by atoms with E-state index >= 15 is 0 Å². The first-order valence-corrected chi connectivity index (χ1v) is 30.1. The third-order valence-electron chi connectivity index (χ3n) is 14.0. The van der Waals surface area contributed by atoms with Crippen LogP contribution in [0.25, 0.3) is 0 Å². The van der Waals surface area contributed by atoms with Gasteiger partial charge in [0.05, 0.1) is 63.9 Å². The number of nitrogens with zero attached hydrogens (tertiary/aromatic N) is 2. The number of rotatable bonds is 44. The standard InChI is InChI=1S/C54H89N21O20/c1-26(2)43(73-49(90)34(24-76)70-37(79)18-56)51(92)65-23-41(83)75-15-7-10-35(75)50(91)74-44(27(3)77)52(93)64-22-38(80)67-30(8-4-5-13-55)47(88)72-32(16-28-19-60-25-66-28)46(87)63-21-40(82)69-33(17-36(57)78)48(89)71-29(9-6-14-61-54(58)59)45(86)62-20-39(81)68-31(53(94)95)11-12-42(84)85/h19,25-27,29-35,43-44,76-77H,4-18,20-24,55-56H2,1-3H3,(H2,57,78)(H,60,66)(H,62,86)(H,63,87)(H,64,93)(H,65,92)(H,67,80)(H,68,81)(H,69,82)(H,70,79)(H,71,89)(H,72,88)(H,73,90)(H,74,91)(H,84,85)(H,94,95)(H4,58,59,61)/t27-,29+,30+,31+,32+,33+,34+,35+,43+,44+/m1/s1. The number of hydrogen-bond acceptors (Lipinski definition) is 22. The van der Waals surface area contributed by atoms with Crippen molar-refractivity contribution in [3.8, 4) is 0 Å². The van der Waals surface area contributed by atoms with Gasteiger partial charge in [-0.1, -0.05) is 13.8 Å². The van der Waals surface area contributed by atoms with Crippen molar-refractivity contribution in [2.45, 2.75) is 152 Å². The average molecular weight is 1350 g/mol. The maximum Gasteiger partial charge on any atom is 0.326 e. The fourth-order valence-corrected chi connectivity index (χ4v) is 9.06. The second-order valence-corrected chi connectivity index (χ2v) is 22.0. The minimum atomic E-state index is -1.81. The molecule has 530 valence electrons. The molecule has 0 aliphatic carbocycles. The van der Waals surface area contributed by atoms with Gasteiger partial charge in [0, 0.05) is 32.1 Å². The molecule has 27 N–H and O–H groups in total. The minimum absolute atomic E-state index is 0.00338. The quantitative estimate of drug-likeness (QED) is 0.0164. The molecule has 41 heteroatoms. The zero-order chi connectivity index (χ0) is 71.5. The van der Waals surface area contributed by atoms with Crippen LogP contribution in [0.3, 0.4) is 0 Å². The van der Waals surface area contributed by atoms with Gasteiger partial charge < -0.3 is 122 Å². The number of aromatic nitrogens is 2. The molecule has 10 atom stereocenters. The first-order chi connectivity index (χ1) is 44.8. The number of carboxylic acid groups (broad SMARTS) is 2. The molecular weight excluding hydrogens is 1260 g/mol. The number of likely N-dealkylation sites (tertiary alicyclic amines) is 1. The van der Waals surface area contributed by atoms with E-state index in [9.17, 15) is 92.0 Å². The highest BCUT2D eigenvalue weighted by atomic mass is 16.4. The molecule has 2 heterocycles. The number of carbonyl (C=O) groups is 16. The Hall–Kier alpha value is -10.2. The SMILES string of the molecule is CC(C)[C@H](NC(=O)[C@H](CO)NC(=O)CN)C(=O)NCC(=O)N1CCC[C@H]1C(=O)N[C@H](C(=O)NCC(=O)N[C@@H](CCCCN)C(=O)N[C@@H](Cc1c[nH]cn1)C(=O)NCC(=O)N[C@@H](CC(N)=O)C(=O)N[C@@H](CCCNC(=N)N)C(=O)NCC(=O)N[C@@H](CCC(=O)O)C(=O)O)[C@@H](C)O. The van der Waals surface area contributed by atoms with Crippen molar-refractivity contribution in [3.63, 3.8) is 0 Å². The van der Waals surface area contributed by atoms with Crippen molar-refractivity contribution in [2.24, 2.45) is 28.9 Å². The molecule has 0 aromatic carbocycles. The summed E-state index contributed by atoms with van der Waals surface area (Å²) in [6.07, 6.45) is -0.483. The Labute approximate surface area is 543 Å². The fraction of sp³-hybridized carbons (Fsp3) is 0.630. The van der Waals surface area contributed by atoms with Gasteiger partial charge in [0.25, 0.3) is 0 Å². The third-order valence-corrected chi connectivity index (χ3v) is 14.0. The number of nitrogens with two attached hydrogens (primary N) is 4. The summed E-state index contributed by atoms with van der Waals surface area (Å²) in [6, 6.07) is -13.5. The first-order valence-electron chi connectivity index (χ1n) is 30.1. The summed E-state index contributed by atoms with van der Waals surface area (Å²) in [5.41, 5.74) is 21.9. The number of aliphatic hydroxyl groups is 2. The van der Waals surface area contributed by atoms with E-state index in [-0.39, 0.29) is 63.9 Å². The van der Waals surface area contributed by atoms with E-state index in [1.54, 1.807) is 13.8 Å². The van der Waals surface area contributed by atoms with Gasteiger partial charge in [0.15, 0.2) is 5.96 Å². The molecule has 0 radical (unpaired) electrons. The van der Waals surface area contributed by atoms with Gasteiger partial charge in [-0.05, 0) is 70.8 Å². The lowest BCUT2D eigenvalue weighted by atomic mass is 10.0. The lowest BCUT2D eigenvalue weighted by Gasteiger charge is -2.28. The van der Waals surface area contributed by atoms with Crippen LogP contribution in [0.15, 0.2) is 12.5 Å². The van der Waals surface area contributed by atoms with Crippen LogP contribution in [0, 0.1) is 11.3 Å². The summed E-state index contributed by atoms with van der Waals surface area (Å²) >= 11 is 0. The lowest BCUT2D eigenvalue weighted by molar-refractivity contribution is -0.143. The molecule has 0 bridgehead atoms. The normalized spacial score (nSPS) is 15.3. The number of hydrogen-bond donors (Lipinski definition) is 23. The van der Waals surface area contributed by atoms with Gasteiger partial charge in [-0.3, -0.25) is 77.3 Å². The monoisotopic (exact) mass is 1350 g/mol. The Bertz CT molecular complexity index is 2860. The molecule has 95 heavy (non-hydrogen) atoms. The van der Waals surface area contributed by atoms with Crippen LogP contribution in [-0.2, 0) is 83.1 Å². The number of imidazole rings is 1. The molecule has 0 saturated carbocycles. The highest BCUT2D eigenvalue weighted by Crippen LogP contribution is 2.18. The van der Waals surface area contributed by atoms with Crippen LogP contribution in [0.2, 0.25) is 0 Å². The topological polar surface area (TPSA) is 670 Å². The summed E-state index contributed by atoms with van der Waals surface area (Å²) < 4.78 is 0. The molecule has 14 amide bonds. The summed E-state index contributed by atoms with van der Waals surface area (Å²) in [5.74, 6) is -17.4. The first kappa shape index (κ1) is 80.9. The summed E-state index contributed by atoms with van der Waals surface area (Å²) in [5, 5.41) is 76.2. The number of carbonyl (C=O) groups excluding carboxylic acids is 14.